The third kappa shape index (κ3) is 214. The molecule has 25 nitrogen and oxygen atoms in total. The van der Waals surface area contributed by atoms with Gasteiger partial charge in [-0.3, -0.25) is 19.2 Å². The molecule has 5 rings (SSSR count). The van der Waals surface area contributed by atoms with Gasteiger partial charge in [-0.2, -0.15) is 12.8 Å². The molecule has 0 aromatic rings. The predicted molar refractivity (Wildman–Crippen MR) is 365 cm³/mol. The van der Waals surface area contributed by atoms with E-state index in [1.807, 2.05) is 0 Å². The van der Waals surface area contributed by atoms with Crippen LogP contribution in [-0.2, 0) is 244 Å². The van der Waals surface area contributed by atoms with Gasteiger partial charge in [0.1, 0.15) is 0 Å². The fourth-order valence-electron chi connectivity index (χ4n) is 6.88. The number of isocyanates is 3. The van der Waals surface area contributed by atoms with Crippen molar-refractivity contribution >= 4 is 59.8 Å². The molecule has 0 heterocycles. The van der Waals surface area contributed by atoms with Crippen LogP contribution >= 0.6 is 0 Å². The molecule has 0 atom stereocenters. The van der Waals surface area contributed by atoms with Gasteiger partial charge < -0.3 is 121 Å². The largest absolute Gasteiger partial charge is 0.481 e. The van der Waals surface area contributed by atoms with Crippen LogP contribution in [-0.4, -0.2) is 156 Å². The number of amides is 3. The van der Waals surface area contributed by atoms with Gasteiger partial charge in [0.2, 0.25) is 18.2 Å². The molecule has 5 saturated carbocycles. The smallest absolute Gasteiger partial charge is 0.306 e. The molecule has 0 saturated heterocycles. The van der Waals surface area contributed by atoms with E-state index in [4.69, 9.17) is 50.8 Å². The Morgan fingerprint density at radius 2 is 0.674 bits per heavy atom. The van der Waals surface area contributed by atoms with Crippen LogP contribution in [0, 0.1) is 47.1 Å². The Morgan fingerprint density at radius 1 is 0.463 bits per heavy atom. The number of aliphatic imine (C=N–C) groups is 3. The maximum atomic E-state index is 10.5. The van der Waals surface area contributed by atoms with Crippen molar-refractivity contribution in [1.29, 1.82) is 0 Å². The number of carboxylic acid groups (broad SMARTS) is 3. The number of carboxylic acids is 3. The maximum absolute atomic E-state index is 10.5. The first-order valence-electron chi connectivity index (χ1n) is 30.7. The normalized spacial score (nSPS) is 12.7. The van der Waals surface area contributed by atoms with Crippen LogP contribution in [0.2, 0.25) is 0 Å². The molecule has 0 aliphatic heterocycles. The number of unbranched alkanes of at least 4 members (excludes halogenated alkanes) is 4. The minimum Gasteiger partial charge on any atom is -0.481 e. The van der Waals surface area contributed by atoms with Gasteiger partial charge in [0.05, 0.1) is 29.7 Å². The van der Waals surface area contributed by atoms with Gasteiger partial charge in [0.15, 0.2) is 0 Å². The zero-order chi connectivity index (χ0) is 72.3. The summed E-state index contributed by atoms with van der Waals surface area (Å²) in [5.74, 6) is -1.92. The third-order valence-corrected chi connectivity index (χ3v) is 11.0. The van der Waals surface area contributed by atoms with Crippen LogP contribution < -0.4 is 50.4 Å². The van der Waals surface area contributed by atoms with Gasteiger partial charge in [0.25, 0.3) is 11.9 Å². The Labute approximate surface area is 729 Å². The fourth-order valence-corrected chi connectivity index (χ4v) is 6.88. The van der Waals surface area contributed by atoms with E-state index in [-0.39, 0.29) is 220 Å². The van der Waals surface area contributed by atoms with Gasteiger partial charge in [-0.15, -0.1) is 0 Å². The molecule has 0 spiro atoms. The second kappa shape index (κ2) is 149. The van der Waals surface area contributed by atoms with Crippen molar-refractivity contribution in [1.82, 2.24) is 16.0 Å². The molecule has 0 bridgehead atoms. The van der Waals surface area contributed by atoms with Crippen LogP contribution in [0.25, 0.3) is 0 Å². The van der Waals surface area contributed by atoms with Crippen LogP contribution in [0.5, 0.6) is 0 Å². The number of carbonyl (C=O) groups is 6. The molecule has 95 heavy (non-hydrogen) atoms. The van der Waals surface area contributed by atoms with Crippen molar-refractivity contribution in [3.05, 3.63) is 41.2 Å². The van der Waals surface area contributed by atoms with Crippen LogP contribution in [0.3, 0.4) is 0 Å². The van der Waals surface area contributed by atoms with E-state index in [0.29, 0.717) is 24.2 Å². The van der Waals surface area contributed by atoms with Crippen molar-refractivity contribution in [2.45, 2.75) is 251 Å². The summed E-state index contributed by atoms with van der Waals surface area (Å²) >= 11 is 0. The second-order valence-electron chi connectivity index (χ2n) is 18.4. The summed E-state index contributed by atoms with van der Waals surface area (Å²) in [5.41, 5.74) is 29.3. The standard InChI is InChI=1S/C8H14NO.C7H11NO.C7H12O2.2C6H13N.2C5H11.2C3H6NO.2C2H3NO.2C2H4O2.C2HO.4CH5N.6Y/c1-7(10)9-8-5-3-2-4-6-8;9-6-8-7-4-2-1-3-5-7;8-7(9)6-4-2-1-3-5-6;2*7-6-4-2-1-3-5-6;2*1-3-5-4-2;2*1-3(5)4-2;2*1-3-2-4;2*1-2(3)4;1-2-3;4*1-2;;;;;;/h8H,1-6H2,(H,9,10);7H,1-5H2;6H,1-5H2,(H,8,9);2*6H,1-5,7H2;2*1,3-5H2,2H3;2*1H2,2H3,(H,4,5);2*1H3;2*1H3,(H,3,4);1H;4*2H2,1H3;;;;;;/q-1;;;;;4*-1;;;;;-1;;;;;;;;;;. The number of carbonyl (C=O) groups excluding carboxylic acids is 7. The first kappa shape index (κ1) is 146. The number of hydrogen-bond donors (Lipinski definition) is 12. The molecule has 0 aromatic heterocycles. The summed E-state index contributed by atoms with van der Waals surface area (Å²) in [6, 6.07) is 1.79. The van der Waals surface area contributed by atoms with E-state index in [1.165, 1.54) is 203 Å². The molecule has 5 fully saturated rings. The van der Waals surface area contributed by atoms with Crippen molar-refractivity contribution in [2.75, 3.05) is 56.4 Å². The van der Waals surface area contributed by atoms with Gasteiger partial charge in [-0.05, 0) is 92.4 Å². The molecular formula is C64H132N12O13Y6-6. The average molecular weight is 1810 g/mol. The number of rotatable bonds is 7. The Balaban J connectivity index is -0.0000000385. The molecule has 3 amide bonds. The minimum atomic E-state index is -0.833. The fraction of sp³-hybridized carbons (Fsp3) is 0.750. The van der Waals surface area contributed by atoms with E-state index in [9.17, 15) is 24.0 Å². The van der Waals surface area contributed by atoms with Crippen LogP contribution in [0.4, 0.5) is 0 Å². The molecule has 5 aliphatic rings. The average Bonchev–Trinajstić information content (AvgIpc) is 3.13. The topological polar surface area (TPSA) is 461 Å². The van der Waals surface area contributed by atoms with Crippen LogP contribution in [0.1, 0.15) is 227 Å². The zero-order valence-electron chi connectivity index (χ0n) is 61.1. The minimum absolute atomic E-state index is 0. The molecule has 550 valence electrons. The Kier molecular flexibility index (Phi) is 228. The summed E-state index contributed by atoms with van der Waals surface area (Å²) in [6.45, 7) is 27.2. The van der Waals surface area contributed by atoms with Crippen molar-refractivity contribution in [2.24, 2.45) is 55.3 Å². The molecule has 31 heteroatoms. The van der Waals surface area contributed by atoms with E-state index in [2.05, 4.69) is 109 Å². The molecule has 18 N–H and O–H groups in total. The summed E-state index contributed by atoms with van der Waals surface area (Å²) in [6.07, 6.45) is 42.2. The molecule has 6 radical (unpaired) electrons. The third-order valence-electron chi connectivity index (χ3n) is 11.0. The van der Waals surface area contributed by atoms with Gasteiger partial charge in [-0.1, -0.05) is 142 Å². The molecule has 0 aromatic carbocycles. The molecule has 5 aliphatic carbocycles. The summed E-state index contributed by atoms with van der Waals surface area (Å²) in [7, 11) is 11.8. The number of hydrogen-bond acceptors (Lipinski definition) is 19. The van der Waals surface area contributed by atoms with E-state index in [1.54, 1.807) is 6.08 Å². The van der Waals surface area contributed by atoms with Crippen LogP contribution in [0.15, 0.2) is 15.0 Å². The van der Waals surface area contributed by atoms with E-state index >= 15 is 0 Å². The summed E-state index contributed by atoms with van der Waals surface area (Å²) < 4.78 is 0. The second-order valence-corrected chi connectivity index (χ2v) is 18.4. The van der Waals surface area contributed by atoms with Gasteiger partial charge in [-0.25, -0.2) is 29.4 Å². The Hall–Kier alpha value is 0.403. The SMILES string of the molecule is CC(=O)O.CC(=O)O.CN.CN.CN.CN.CN=C=O.CN=C=O.NC1CCCCC1.NC1CCCCC1.O=C(O)C1CCCCC1.O=C=NC1CCCCC1.[CH-]=C=O.[CH2-]C(=O)NC.[CH2-]C(=O)NC.[CH2-]C(=O)NC1CCCCC1.[CH2-]CCCC.[CH2-]CCCC.[Y].[Y].[Y].[Y].[Y].[Y]. The first-order valence-corrected chi connectivity index (χ1v) is 30.7. The van der Waals surface area contributed by atoms with Crippen molar-refractivity contribution in [3.63, 3.8) is 0 Å². The van der Waals surface area contributed by atoms with Gasteiger partial charge in [0, 0.05) is 256 Å². The molecular weight excluding hydrogens is 1680 g/mol. The van der Waals surface area contributed by atoms with E-state index in [0.717, 1.165) is 84.0 Å². The monoisotopic (exact) mass is 1810 g/mol. The predicted octanol–water partition coefficient (Wildman–Crippen LogP) is 8.46. The van der Waals surface area contributed by atoms with Gasteiger partial charge >= 0.3 is 5.97 Å². The maximum Gasteiger partial charge on any atom is 0.306 e. The summed E-state index contributed by atoms with van der Waals surface area (Å²) in [5, 5.41) is 30.8. The first-order chi connectivity index (χ1) is 42.4. The number of nitrogens with two attached hydrogens (primary N) is 6. The Morgan fingerprint density at radius 3 is 0.800 bits per heavy atom. The number of aliphatic carboxylic acids is 3. The zero-order valence-corrected chi connectivity index (χ0v) is 78.1. The summed E-state index contributed by atoms with van der Waals surface area (Å²) in [4.78, 5) is 104. The number of nitrogens with one attached hydrogen (secondary N) is 3. The van der Waals surface area contributed by atoms with Crippen molar-refractivity contribution < 1.29 is 260 Å². The molecule has 0 unspecified atom stereocenters. The Bertz CT molecular complexity index is 1520. The van der Waals surface area contributed by atoms with Crippen molar-refractivity contribution in [3.8, 4) is 0 Å². The van der Waals surface area contributed by atoms with E-state index < -0.39 is 17.9 Å². The number of nitrogens with zero attached hydrogens (tertiary/aromatic N) is 3. The quantitative estimate of drug-likeness (QED) is 0.0492.